The Morgan fingerprint density at radius 1 is 0.886 bits per heavy atom. The lowest BCUT2D eigenvalue weighted by molar-refractivity contribution is -0.139. The van der Waals surface area contributed by atoms with Crippen molar-refractivity contribution in [1.82, 2.24) is 10.2 Å². The van der Waals surface area contributed by atoms with Crippen LogP contribution in [0.2, 0.25) is 5.02 Å². The van der Waals surface area contributed by atoms with E-state index >= 15 is 0 Å². The largest absolute Gasteiger partial charge is 0.352 e. The first-order valence-electron chi connectivity index (χ1n) is 12.1. The van der Waals surface area contributed by atoms with Crippen LogP contribution in [0.5, 0.6) is 0 Å². The van der Waals surface area contributed by atoms with E-state index in [-0.39, 0.29) is 23.6 Å². The van der Waals surface area contributed by atoms with Gasteiger partial charge in [-0.25, -0.2) is 0 Å². The van der Waals surface area contributed by atoms with Gasteiger partial charge < -0.3 is 10.2 Å². The molecule has 0 bridgehead atoms. The summed E-state index contributed by atoms with van der Waals surface area (Å²) in [7, 11) is 0. The second-order valence-electron chi connectivity index (χ2n) is 8.95. The molecule has 4 rings (SSSR count). The Bertz CT molecular complexity index is 1090. The third-order valence-electron chi connectivity index (χ3n) is 6.34. The maximum atomic E-state index is 13.7. The molecular formula is C29H31ClN2O2S. The minimum Gasteiger partial charge on any atom is -0.352 e. The quantitative estimate of drug-likeness (QED) is 0.336. The van der Waals surface area contributed by atoms with Crippen molar-refractivity contribution in [3.63, 3.8) is 0 Å². The molecule has 1 atom stereocenters. The Kier molecular flexibility index (Phi) is 9.27. The lowest BCUT2D eigenvalue weighted by Crippen LogP contribution is -2.52. The molecule has 3 aromatic carbocycles. The van der Waals surface area contributed by atoms with Crippen molar-refractivity contribution in [1.29, 1.82) is 0 Å². The molecule has 1 N–H and O–H groups in total. The van der Waals surface area contributed by atoms with E-state index in [1.165, 1.54) is 11.8 Å². The van der Waals surface area contributed by atoms with Gasteiger partial charge in [0.2, 0.25) is 11.8 Å². The van der Waals surface area contributed by atoms with Gasteiger partial charge in [0.15, 0.2) is 0 Å². The van der Waals surface area contributed by atoms with E-state index in [0.717, 1.165) is 41.7 Å². The van der Waals surface area contributed by atoms with Crippen molar-refractivity contribution in [2.75, 3.05) is 5.75 Å². The van der Waals surface area contributed by atoms with Crippen LogP contribution in [0.15, 0.2) is 89.8 Å². The highest BCUT2D eigenvalue weighted by Gasteiger charge is 2.32. The molecule has 1 fully saturated rings. The van der Waals surface area contributed by atoms with Gasteiger partial charge in [-0.15, -0.1) is 11.8 Å². The van der Waals surface area contributed by atoms with Crippen LogP contribution in [-0.4, -0.2) is 34.6 Å². The predicted molar refractivity (Wildman–Crippen MR) is 144 cm³/mol. The summed E-state index contributed by atoms with van der Waals surface area (Å²) in [5, 5.41) is 3.91. The first-order chi connectivity index (χ1) is 17.1. The molecule has 1 aliphatic rings. The Balaban J connectivity index is 1.58. The molecule has 0 unspecified atom stereocenters. The molecule has 1 saturated carbocycles. The van der Waals surface area contributed by atoms with Gasteiger partial charge in [-0.05, 0) is 48.2 Å². The van der Waals surface area contributed by atoms with Crippen molar-refractivity contribution in [2.45, 2.75) is 55.6 Å². The van der Waals surface area contributed by atoms with Gasteiger partial charge >= 0.3 is 0 Å². The predicted octanol–water partition coefficient (Wildman–Crippen LogP) is 6.13. The molecule has 0 saturated heterocycles. The zero-order chi connectivity index (χ0) is 24.5. The van der Waals surface area contributed by atoms with E-state index in [1.807, 2.05) is 84.9 Å². The van der Waals surface area contributed by atoms with E-state index in [2.05, 4.69) is 5.32 Å². The van der Waals surface area contributed by atoms with Crippen molar-refractivity contribution in [2.24, 2.45) is 0 Å². The Labute approximate surface area is 217 Å². The summed E-state index contributed by atoms with van der Waals surface area (Å²) in [6.45, 7) is 0.385. The van der Waals surface area contributed by atoms with Crippen molar-refractivity contribution in [3.05, 3.63) is 101 Å². The first-order valence-corrected chi connectivity index (χ1v) is 13.5. The third kappa shape index (κ3) is 7.61. The van der Waals surface area contributed by atoms with Crippen LogP contribution in [-0.2, 0) is 22.6 Å². The highest BCUT2D eigenvalue weighted by molar-refractivity contribution is 8.00. The minimum absolute atomic E-state index is 0.0590. The Morgan fingerprint density at radius 2 is 1.49 bits per heavy atom. The smallest absolute Gasteiger partial charge is 0.243 e. The van der Waals surface area contributed by atoms with E-state index in [1.54, 1.807) is 4.90 Å². The van der Waals surface area contributed by atoms with Crippen molar-refractivity contribution >= 4 is 35.2 Å². The molecule has 0 radical (unpaired) electrons. The molecule has 4 nitrogen and oxygen atoms in total. The Morgan fingerprint density at radius 3 is 2.11 bits per heavy atom. The number of carbonyl (C=O) groups is 2. The highest BCUT2D eigenvalue weighted by Crippen LogP contribution is 2.23. The summed E-state index contributed by atoms with van der Waals surface area (Å²) in [6.07, 6.45) is 4.76. The lowest BCUT2D eigenvalue weighted by atomic mass is 10.0. The van der Waals surface area contributed by atoms with E-state index in [0.29, 0.717) is 18.0 Å². The van der Waals surface area contributed by atoms with Crippen LogP contribution in [0.3, 0.4) is 0 Å². The van der Waals surface area contributed by atoms with Gasteiger partial charge in [0.05, 0.1) is 5.75 Å². The zero-order valence-corrected chi connectivity index (χ0v) is 21.3. The number of benzene rings is 3. The molecule has 6 heteroatoms. The summed E-state index contributed by atoms with van der Waals surface area (Å²) in [6, 6.07) is 26.9. The zero-order valence-electron chi connectivity index (χ0n) is 19.7. The molecule has 182 valence electrons. The van der Waals surface area contributed by atoms with Crippen LogP contribution in [0.25, 0.3) is 0 Å². The van der Waals surface area contributed by atoms with Gasteiger partial charge in [0, 0.05) is 28.9 Å². The van der Waals surface area contributed by atoms with Gasteiger partial charge in [0.25, 0.3) is 0 Å². The molecule has 0 spiro atoms. The Hall–Kier alpha value is -2.76. The van der Waals surface area contributed by atoms with Gasteiger partial charge in [-0.1, -0.05) is 85.1 Å². The van der Waals surface area contributed by atoms with Crippen LogP contribution < -0.4 is 5.32 Å². The van der Waals surface area contributed by atoms with Gasteiger partial charge in [-0.3, -0.25) is 9.59 Å². The molecule has 2 amide bonds. The molecule has 1 aliphatic carbocycles. The number of nitrogens with one attached hydrogen (secondary N) is 1. The number of halogens is 1. The standard InChI is InChI=1S/C29H31ClN2O2S/c30-24-15-17-26(18-16-24)35-21-28(33)32(20-23-11-5-2-6-12-23)27(19-22-9-3-1-4-10-22)29(34)31-25-13-7-8-14-25/h1-6,9-12,15-18,25,27H,7-8,13-14,19-21H2,(H,31,34)/t27-/m0/s1. The van der Waals surface area contributed by atoms with E-state index in [4.69, 9.17) is 11.6 Å². The second-order valence-corrected chi connectivity index (χ2v) is 10.4. The second kappa shape index (κ2) is 12.8. The molecule has 0 aliphatic heterocycles. The number of hydrogen-bond donors (Lipinski definition) is 1. The SMILES string of the molecule is O=C(NC1CCCC1)[C@H](Cc1ccccc1)N(Cc1ccccc1)C(=O)CSc1ccc(Cl)cc1. The number of amides is 2. The molecule has 35 heavy (non-hydrogen) atoms. The molecule has 3 aromatic rings. The fourth-order valence-electron chi connectivity index (χ4n) is 4.46. The number of thioether (sulfide) groups is 1. The topological polar surface area (TPSA) is 49.4 Å². The highest BCUT2D eigenvalue weighted by atomic mass is 35.5. The molecule has 0 aromatic heterocycles. The molecular weight excluding hydrogens is 476 g/mol. The average molecular weight is 507 g/mol. The fraction of sp³-hybridized carbons (Fsp3) is 0.310. The van der Waals surface area contributed by atoms with Gasteiger partial charge in [0.1, 0.15) is 6.04 Å². The van der Waals surface area contributed by atoms with Crippen LogP contribution in [0.4, 0.5) is 0 Å². The number of hydrogen-bond acceptors (Lipinski definition) is 3. The van der Waals surface area contributed by atoms with E-state index < -0.39 is 6.04 Å². The lowest BCUT2D eigenvalue weighted by Gasteiger charge is -2.32. The van der Waals surface area contributed by atoms with Crippen molar-refractivity contribution < 1.29 is 9.59 Å². The summed E-state index contributed by atoms with van der Waals surface area (Å²) in [4.78, 5) is 30.0. The monoisotopic (exact) mass is 506 g/mol. The van der Waals surface area contributed by atoms with Crippen molar-refractivity contribution in [3.8, 4) is 0 Å². The number of rotatable bonds is 10. The maximum absolute atomic E-state index is 13.7. The number of nitrogens with zero attached hydrogens (tertiary/aromatic N) is 1. The van der Waals surface area contributed by atoms with Gasteiger partial charge in [-0.2, -0.15) is 0 Å². The first kappa shape index (κ1) is 25.3. The maximum Gasteiger partial charge on any atom is 0.243 e. The summed E-state index contributed by atoms with van der Waals surface area (Å²) >= 11 is 7.47. The van der Waals surface area contributed by atoms with Crippen LogP contribution in [0, 0.1) is 0 Å². The summed E-state index contributed by atoms with van der Waals surface area (Å²) in [5.41, 5.74) is 2.04. The number of carbonyl (C=O) groups excluding carboxylic acids is 2. The van der Waals surface area contributed by atoms with Crippen LogP contribution >= 0.6 is 23.4 Å². The average Bonchev–Trinajstić information content (AvgIpc) is 3.40. The third-order valence-corrected chi connectivity index (χ3v) is 7.59. The minimum atomic E-state index is -0.587. The normalized spacial score (nSPS) is 14.4. The summed E-state index contributed by atoms with van der Waals surface area (Å²) < 4.78 is 0. The van der Waals surface area contributed by atoms with Crippen LogP contribution in [0.1, 0.15) is 36.8 Å². The summed E-state index contributed by atoms with van der Waals surface area (Å²) in [5.74, 6) is 0.119. The fourth-order valence-corrected chi connectivity index (χ4v) is 5.37. The van der Waals surface area contributed by atoms with E-state index in [9.17, 15) is 9.59 Å². The molecule has 0 heterocycles.